The van der Waals surface area contributed by atoms with E-state index in [9.17, 15) is 5.11 Å². The molecule has 0 amide bonds. The minimum Gasteiger partial charge on any atom is -0.393 e. The molecular weight excluding hydrogens is 138 g/mol. The second kappa shape index (κ2) is 3.11. The lowest BCUT2D eigenvalue weighted by atomic mass is 10.2. The van der Waals surface area contributed by atoms with Gasteiger partial charge in [-0.3, -0.25) is 0 Å². The number of likely N-dealkylation sites (tertiary alicyclic amines) is 1. The second-order valence-electron chi connectivity index (χ2n) is 3.85. The molecule has 0 radical (unpaired) electrons. The summed E-state index contributed by atoms with van der Waals surface area (Å²) in [4.78, 5) is 2.55. The molecule has 1 saturated heterocycles. The molecule has 1 saturated carbocycles. The third-order valence-electron chi connectivity index (χ3n) is 2.80. The van der Waals surface area contributed by atoms with Gasteiger partial charge in [-0.25, -0.2) is 0 Å². The maximum absolute atomic E-state index is 9.38. The first-order valence-electron chi connectivity index (χ1n) is 4.78. The van der Waals surface area contributed by atoms with Crippen LogP contribution in [-0.2, 0) is 0 Å². The summed E-state index contributed by atoms with van der Waals surface area (Å²) in [6, 6.07) is 0.889. The molecule has 1 heterocycles. The largest absolute Gasteiger partial charge is 0.393 e. The van der Waals surface area contributed by atoms with Crippen LogP contribution >= 0.6 is 0 Å². The summed E-state index contributed by atoms with van der Waals surface area (Å²) in [7, 11) is 0. The van der Waals surface area contributed by atoms with Gasteiger partial charge in [0.2, 0.25) is 0 Å². The van der Waals surface area contributed by atoms with Crippen LogP contribution in [0.25, 0.3) is 0 Å². The van der Waals surface area contributed by atoms with Crippen LogP contribution in [0.1, 0.15) is 32.1 Å². The van der Waals surface area contributed by atoms with Crippen molar-refractivity contribution >= 4 is 0 Å². The second-order valence-corrected chi connectivity index (χ2v) is 3.85. The zero-order chi connectivity index (χ0) is 7.68. The summed E-state index contributed by atoms with van der Waals surface area (Å²) in [6.07, 6.45) is 5.99. The molecule has 2 heteroatoms. The zero-order valence-corrected chi connectivity index (χ0v) is 7.00. The first-order valence-corrected chi connectivity index (χ1v) is 4.78. The molecule has 0 unspecified atom stereocenters. The van der Waals surface area contributed by atoms with E-state index < -0.39 is 0 Å². The maximum atomic E-state index is 9.38. The van der Waals surface area contributed by atoms with Crippen molar-refractivity contribution in [2.24, 2.45) is 0 Å². The molecule has 1 aliphatic carbocycles. The minimum absolute atomic E-state index is 0.0150. The van der Waals surface area contributed by atoms with Crippen LogP contribution in [0.15, 0.2) is 0 Å². The highest BCUT2D eigenvalue weighted by molar-refractivity contribution is 4.86. The molecule has 0 spiro atoms. The van der Waals surface area contributed by atoms with Crippen molar-refractivity contribution in [3.05, 3.63) is 0 Å². The van der Waals surface area contributed by atoms with Gasteiger partial charge in [-0.2, -0.15) is 0 Å². The van der Waals surface area contributed by atoms with Gasteiger partial charge in [-0.1, -0.05) is 0 Å². The topological polar surface area (TPSA) is 23.5 Å². The van der Waals surface area contributed by atoms with Crippen LogP contribution in [0.4, 0.5) is 0 Å². The van der Waals surface area contributed by atoms with Gasteiger partial charge >= 0.3 is 0 Å². The lowest BCUT2D eigenvalue weighted by Gasteiger charge is -2.18. The predicted molar refractivity (Wildman–Crippen MR) is 44.5 cm³/mol. The summed E-state index contributed by atoms with van der Waals surface area (Å²) in [5.41, 5.74) is 0. The van der Waals surface area contributed by atoms with Crippen molar-refractivity contribution < 1.29 is 5.11 Å². The Labute approximate surface area is 68.2 Å². The fourth-order valence-corrected chi connectivity index (χ4v) is 1.91. The van der Waals surface area contributed by atoms with E-state index in [-0.39, 0.29) is 6.10 Å². The van der Waals surface area contributed by atoms with Crippen LogP contribution in [0.3, 0.4) is 0 Å². The Balaban J connectivity index is 1.82. The van der Waals surface area contributed by atoms with E-state index in [1.807, 2.05) is 0 Å². The van der Waals surface area contributed by atoms with Crippen molar-refractivity contribution in [1.82, 2.24) is 4.90 Å². The van der Waals surface area contributed by atoms with E-state index in [2.05, 4.69) is 4.90 Å². The van der Waals surface area contributed by atoms with Crippen molar-refractivity contribution in [3.8, 4) is 0 Å². The van der Waals surface area contributed by atoms with Gasteiger partial charge in [0.15, 0.2) is 0 Å². The van der Waals surface area contributed by atoms with Crippen molar-refractivity contribution in [3.63, 3.8) is 0 Å². The summed E-state index contributed by atoms with van der Waals surface area (Å²) >= 11 is 0. The molecule has 2 rings (SSSR count). The normalized spacial score (nSPS) is 35.2. The molecule has 0 aromatic carbocycles. The Kier molecular flexibility index (Phi) is 2.14. The number of hydrogen-bond acceptors (Lipinski definition) is 2. The molecule has 2 aliphatic rings. The first kappa shape index (κ1) is 7.56. The molecule has 1 N–H and O–H groups in total. The number of rotatable bonds is 1. The van der Waals surface area contributed by atoms with Crippen LogP contribution < -0.4 is 0 Å². The molecule has 64 valence electrons. The SMILES string of the molecule is O[C@@H]1CCCN(C2CC2)CC1. The number of aliphatic hydroxyl groups excluding tert-OH is 1. The highest BCUT2D eigenvalue weighted by Gasteiger charge is 2.29. The van der Waals surface area contributed by atoms with Gasteiger partial charge in [0.05, 0.1) is 6.10 Å². The number of nitrogens with zero attached hydrogens (tertiary/aromatic N) is 1. The Morgan fingerprint density at radius 2 is 1.82 bits per heavy atom. The Hall–Kier alpha value is -0.0800. The third-order valence-corrected chi connectivity index (χ3v) is 2.80. The maximum Gasteiger partial charge on any atom is 0.0553 e. The molecule has 2 nitrogen and oxygen atoms in total. The summed E-state index contributed by atoms with van der Waals surface area (Å²) < 4.78 is 0. The standard InChI is InChI=1S/C9H17NO/c11-9-2-1-6-10(7-5-9)8-3-4-8/h8-9,11H,1-7H2/t9-/m1/s1. The van der Waals surface area contributed by atoms with Crippen molar-refractivity contribution in [1.29, 1.82) is 0 Å². The zero-order valence-electron chi connectivity index (χ0n) is 7.00. The molecule has 1 atom stereocenters. The average Bonchev–Trinajstić information content (AvgIpc) is 2.73. The van der Waals surface area contributed by atoms with Crippen LogP contribution in [-0.4, -0.2) is 35.2 Å². The molecule has 11 heavy (non-hydrogen) atoms. The van der Waals surface area contributed by atoms with Gasteiger partial charge in [-0.05, 0) is 38.6 Å². The highest BCUT2D eigenvalue weighted by Crippen LogP contribution is 2.28. The third kappa shape index (κ3) is 1.94. The van der Waals surface area contributed by atoms with Gasteiger partial charge in [-0.15, -0.1) is 0 Å². The number of hydrogen-bond donors (Lipinski definition) is 1. The Bertz CT molecular complexity index is 134. The van der Waals surface area contributed by atoms with E-state index in [1.54, 1.807) is 0 Å². The van der Waals surface area contributed by atoms with E-state index in [4.69, 9.17) is 0 Å². The quantitative estimate of drug-likeness (QED) is 0.610. The molecule has 1 aliphatic heterocycles. The van der Waals surface area contributed by atoms with Crippen LogP contribution in [0.2, 0.25) is 0 Å². The Morgan fingerprint density at radius 1 is 1.00 bits per heavy atom. The summed E-state index contributed by atoms with van der Waals surface area (Å²) in [5, 5.41) is 9.38. The van der Waals surface area contributed by atoms with Gasteiger partial charge in [0.1, 0.15) is 0 Å². The van der Waals surface area contributed by atoms with Crippen LogP contribution in [0.5, 0.6) is 0 Å². The molecular formula is C9H17NO. The predicted octanol–water partition coefficient (Wildman–Crippen LogP) is 0.996. The van der Waals surface area contributed by atoms with Gasteiger partial charge in [0, 0.05) is 12.6 Å². The average molecular weight is 155 g/mol. The van der Waals surface area contributed by atoms with E-state index in [0.717, 1.165) is 25.4 Å². The smallest absolute Gasteiger partial charge is 0.0553 e. The lowest BCUT2D eigenvalue weighted by Crippen LogP contribution is -2.27. The summed E-state index contributed by atoms with van der Waals surface area (Å²) in [6.45, 7) is 2.35. The van der Waals surface area contributed by atoms with Crippen LogP contribution in [0, 0.1) is 0 Å². The monoisotopic (exact) mass is 155 g/mol. The fourth-order valence-electron chi connectivity index (χ4n) is 1.91. The first-order chi connectivity index (χ1) is 5.36. The summed E-state index contributed by atoms with van der Waals surface area (Å²) in [5.74, 6) is 0. The molecule has 0 aromatic rings. The minimum atomic E-state index is -0.0150. The van der Waals surface area contributed by atoms with Gasteiger partial charge in [0.25, 0.3) is 0 Å². The lowest BCUT2D eigenvalue weighted by molar-refractivity contribution is 0.154. The van der Waals surface area contributed by atoms with E-state index >= 15 is 0 Å². The fraction of sp³-hybridized carbons (Fsp3) is 1.00. The van der Waals surface area contributed by atoms with E-state index in [1.165, 1.54) is 25.8 Å². The molecule has 2 fully saturated rings. The van der Waals surface area contributed by atoms with E-state index in [0.29, 0.717) is 0 Å². The molecule has 0 aromatic heterocycles. The van der Waals surface area contributed by atoms with Crippen molar-refractivity contribution in [2.75, 3.05) is 13.1 Å². The Morgan fingerprint density at radius 3 is 2.55 bits per heavy atom. The van der Waals surface area contributed by atoms with Gasteiger partial charge < -0.3 is 10.0 Å². The van der Waals surface area contributed by atoms with Crippen molar-refractivity contribution in [2.45, 2.75) is 44.2 Å². The highest BCUT2D eigenvalue weighted by atomic mass is 16.3. The molecule has 0 bridgehead atoms. The number of aliphatic hydroxyl groups is 1.